The number of fused-ring (bicyclic) bond motifs is 9. The minimum atomic E-state index is 0.887. The number of furan rings is 1. The molecular formula is C102H69N5O. The van der Waals surface area contributed by atoms with Crippen molar-refractivity contribution in [2.24, 2.45) is 0 Å². The van der Waals surface area contributed by atoms with Gasteiger partial charge >= 0.3 is 0 Å². The van der Waals surface area contributed by atoms with Gasteiger partial charge in [-0.2, -0.15) is 0 Å². The van der Waals surface area contributed by atoms with Gasteiger partial charge in [0.05, 0.1) is 22.1 Å². The van der Waals surface area contributed by atoms with Crippen LogP contribution in [0.1, 0.15) is 0 Å². The quantitative estimate of drug-likeness (QED) is 0.0965. The van der Waals surface area contributed by atoms with Crippen molar-refractivity contribution in [1.82, 2.24) is 9.13 Å². The molecule has 6 heteroatoms. The van der Waals surface area contributed by atoms with Crippen molar-refractivity contribution in [3.63, 3.8) is 0 Å². The Labute approximate surface area is 626 Å². The minimum Gasteiger partial charge on any atom is -0.455 e. The third-order valence-electron chi connectivity index (χ3n) is 21.3. The monoisotopic (exact) mass is 1380 g/mol. The summed E-state index contributed by atoms with van der Waals surface area (Å²) in [5.41, 5.74) is 29.8. The lowest BCUT2D eigenvalue weighted by atomic mass is 10.0. The lowest BCUT2D eigenvalue weighted by molar-refractivity contribution is 0.670. The van der Waals surface area contributed by atoms with E-state index in [1.54, 1.807) is 0 Å². The van der Waals surface area contributed by atoms with Gasteiger partial charge in [0, 0.05) is 100 Å². The fourth-order valence-electron chi connectivity index (χ4n) is 16.1. The summed E-state index contributed by atoms with van der Waals surface area (Å²) in [6.45, 7) is 0. The fourth-order valence-corrected chi connectivity index (χ4v) is 16.1. The van der Waals surface area contributed by atoms with E-state index in [1.807, 2.05) is 12.1 Å². The van der Waals surface area contributed by atoms with Gasteiger partial charge in [-0.3, -0.25) is 0 Å². The molecule has 0 aliphatic carbocycles. The van der Waals surface area contributed by atoms with Crippen LogP contribution < -0.4 is 14.7 Å². The van der Waals surface area contributed by atoms with Gasteiger partial charge in [-0.05, 0) is 226 Å². The first-order valence-electron chi connectivity index (χ1n) is 36.9. The van der Waals surface area contributed by atoms with Crippen LogP contribution in [0.5, 0.6) is 0 Å². The van der Waals surface area contributed by atoms with Crippen molar-refractivity contribution in [3.05, 3.63) is 419 Å². The molecule has 0 unspecified atom stereocenters. The molecule has 0 amide bonds. The van der Waals surface area contributed by atoms with Gasteiger partial charge in [-0.15, -0.1) is 0 Å². The van der Waals surface area contributed by atoms with Gasteiger partial charge in [-0.1, -0.05) is 243 Å². The van der Waals surface area contributed by atoms with Crippen molar-refractivity contribution in [2.45, 2.75) is 0 Å². The number of nitrogens with zero attached hydrogens (tertiary/aromatic N) is 5. The van der Waals surface area contributed by atoms with Crippen molar-refractivity contribution >= 4 is 117 Å². The van der Waals surface area contributed by atoms with E-state index in [1.165, 1.54) is 54.7 Å². The zero-order chi connectivity index (χ0) is 71.4. The lowest BCUT2D eigenvalue weighted by Crippen LogP contribution is -2.10. The summed E-state index contributed by atoms with van der Waals surface area (Å²) in [4.78, 5) is 7.02. The Morgan fingerprint density at radius 3 is 0.815 bits per heavy atom. The smallest absolute Gasteiger partial charge is 0.143 e. The molecular weight excluding hydrogens is 1310 g/mol. The SMILES string of the molecule is c1ccc(N(c2ccc(-c3ccc(N(c4ccc(-c5ccc(N(c6ccccc6)c6ccc(-c7ccc8c(c7)c7ccccc7n8-c7ccccc7)cc6)cc5)cc4)c4ccc(-c5cccc6c5oc5ccccc56)cc4)cc3)cc2)c2ccc(-c3ccc4c(c3)c3ccccc3n4-c3ccccc3)cc2)cc1. The normalized spacial score (nSPS) is 11.5. The Bertz CT molecular complexity index is 6320. The molecule has 6 nitrogen and oxygen atoms in total. The summed E-state index contributed by atoms with van der Waals surface area (Å²) in [5.74, 6) is 0. The predicted octanol–water partition coefficient (Wildman–Crippen LogP) is 28.5. The van der Waals surface area contributed by atoms with Gasteiger partial charge in [-0.25, -0.2) is 0 Å². The minimum absolute atomic E-state index is 0.887. The number of hydrogen-bond donors (Lipinski definition) is 0. The summed E-state index contributed by atoms with van der Waals surface area (Å²) in [6, 6.07) is 151. The maximum Gasteiger partial charge on any atom is 0.143 e. The first kappa shape index (κ1) is 63.2. The fraction of sp³-hybridized carbons (Fsp3) is 0. The third kappa shape index (κ3) is 11.4. The Morgan fingerprint density at radius 2 is 0.444 bits per heavy atom. The van der Waals surface area contributed by atoms with Crippen LogP contribution in [-0.2, 0) is 0 Å². The zero-order valence-electron chi connectivity index (χ0n) is 59.0. The Balaban J connectivity index is 0.591. The molecule has 508 valence electrons. The highest BCUT2D eigenvalue weighted by Gasteiger charge is 2.22. The highest BCUT2D eigenvalue weighted by molar-refractivity contribution is 6.13. The molecule has 20 rings (SSSR count). The molecule has 0 N–H and O–H groups in total. The van der Waals surface area contributed by atoms with Crippen LogP contribution >= 0.6 is 0 Å². The van der Waals surface area contributed by atoms with Gasteiger partial charge in [0.2, 0.25) is 0 Å². The molecule has 3 aromatic heterocycles. The molecule has 0 radical (unpaired) electrons. The summed E-state index contributed by atoms with van der Waals surface area (Å²) in [6.07, 6.45) is 0. The van der Waals surface area contributed by atoms with Crippen molar-refractivity contribution in [3.8, 4) is 67.0 Å². The van der Waals surface area contributed by atoms with Crippen molar-refractivity contribution in [1.29, 1.82) is 0 Å². The van der Waals surface area contributed by atoms with Crippen LogP contribution in [0.2, 0.25) is 0 Å². The van der Waals surface area contributed by atoms with Crippen molar-refractivity contribution in [2.75, 3.05) is 14.7 Å². The summed E-state index contributed by atoms with van der Waals surface area (Å²) in [7, 11) is 0. The summed E-state index contributed by atoms with van der Waals surface area (Å²) < 4.78 is 11.3. The number of benzene rings is 17. The van der Waals surface area contributed by atoms with Gasteiger partial charge in [0.15, 0.2) is 0 Å². The molecule has 0 aliphatic rings. The van der Waals surface area contributed by atoms with E-state index >= 15 is 0 Å². The van der Waals surface area contributed by atoms with Gasteiger partial charge in [0.25, 0.3) is 0 Å². The number of hydrogen-bond acceptors (Lipinski definition) is 4. The lowest BCUT2D eigenvalue weighted by Gasteiger charge is -2.27. The largest absolute Gasteiger partial charge is 0.455 e. The van der Waals surface area contributed by atoms with Gasteiger partial charge < -0.3 is 28.3 Å². The summed E-state index contributed by atoms with van der Waals surface area (Å²) in [5, 5.41) is 7.18. The summed E-state index contributed by atoms with van der Waals surface area (Å²) >= 11 is 0. The molecule has 0 fully saturated rings. The van der Waals surface area contributed by atoms with Crippen LogP contribution in [0.3, 0.4) is 0 Å². The molecule has 108 heavy (non-hydrogen) atoms. The van der Waals surface area contributed by atoms with Crippen LogP contribution in [0, 0.1) is 0 Å². The maximum atomic E-state index is 6.54. The third-order valence-corrected chi connectivity index (χ3v) is 21.3. The molecule has 3 heterocycles. The molecule has 20 aromatic rings. The topological polar surface area (TPSA) is 32.7 Å². The van der Waals surface area contributed by atoms with Crippen LogP contribution in [-0.4, -0.2) is 9.13 Å². The number of para-hydroxylation sites is 8. The molecule has 0 bridgehead atoms. The molecule has 0 saturated heterocycles. The van der Waals surface area contributed by atoms with E-state index in [0.29, 0.717) is 0 Å². The first-order chi connectivity index (χ1) is 53.5. The van der Waals surface area contributed by atoms with E-state index in [2.05, 4.69) is 430 Å². The average Bonchev–Trinajstić information content (AvgIpc) is 1.59. The highest BCUT2D eigenvalue weighted by atomic mass is 16.3. The van der Waals surface area contributed by atoms with Crippen LogP contribution in [0.25, 0.3) is 133 Å². The molecule has 17 aromatic carbocycles. The van der Waals surface area contributed by atoms with E-state index < -0.39 is 0 Å². The highest BCUT2D eigenvalue weighted by Crippen LogP contribution is 2.45. The van der Waals surface area contributed by atoms with Gasteiger partial charge in [0.1, 0.15) is 11.2 Å². The number of rotatable bonds is 16. The van der Waals surface area contributed by atoms with Crippen LogP contribution in [0.15, 0.2) is 423 Å². The maximum absolute atomic E-state index is 6.54. The Morgan fingerprint density at radius 1 is 0.176 bits per heavy atom. The average molecular weight is 1380 g/mol. The molecule has 0 saturated carbocycles. The first-order valence-corrected chi connectivity index (χ1v) is 36.9. The second kappa shape index (κ2) is 27.0. The Hall–Kier alpha value is -14.5. The predicted molar refractivity (Wildman–Crippen MR) is 454 cm³/mol. The molecule has 0 aliphatic heterocycles. The van der Waals surface area contributed by atoms with Crippen LogP contribution in [0.4, 0.5) is 51.2 Å². The van der Waals surface area contributed by atoms with Crippen molar-refractivity contribution < 1.29 is 4.42 Å². The number of anilines is 9. The van der Waals surface area contributed by atoms with E-state index in [4.69, 9.17) is 4.42 Å². The molecule has 0 atom stereocenters. The second-order valence-corrected chi connectivity index (χ2v) is 27.6. The second-order valence-electron chi connectivity index (χ2n) is 27.6. The Kier molecular flexibility index (Phi) is 15.8. The number of aromatic nitrogens is 2. The van der Waals surface area contributed by atoms with E-state index in [9.17, 15) is 0 Å². The molecule has 0 spiro atoms. The van der Waals surface area contributed by atoms with E-state index in [0.717, 1.165) is 129 Å². The zero-order valence-corrected chi connectivity index (χ0v) is 59.0. The van der Waals surface area contributed by atoms with E-state index in [-0.39, 0.29) is 0 Å². The standard InChI is InChI=1S/C102H69N5O/c1-5-20-79(21-6-1)103(85-60-44-74(45-61-85)77-50-66-99-95(68-77)91-28-13-16-33-97(91)106(99)81-24-9-3-10-25-81)83-52-36-70(37-53-83)72-40-56-87(57-41-72)105(89-64-48-76(49-65-89)90-31-19-32-94-93-30-15-18-35-101(93)108-102(90)94)88-58-42-73(43-59-88)71-38-54-84(55-39-71)104(80-22-7-2-8-23-80)86-62-46-75(47-63-86)78-51-67-100-96(69-78)92-29-14-17-34-98(92)107(100)82-26-11-4-12-27-82/h1-69H.